The van der Waals surface area contributed by atoms with Gasteiger partial charge in [0.05, 0.1) is 0 Å². The SMILES string of the molecule is CC(C)C1=CCC=C1C1CC1. The van der Waals surface area contributed by atoms with Gasteiger partial charge in [0, 0.05) is 0 Å². The topological polar surface area (TPSA) is 0 Å². The molecule has 0 heterocycles. The van der Waals surface area contributed by atoms with Crippen molar-refractivity contribution in [3.63, 3.8) is 0 Å². The summed E-state index contributed by atoms with van der Waals surface area (Å²) in [7, 11) is 0. The largest absolute Gasteiger partial charge is 0.0770 e. The minimum Gasteiger partial charge on any atom is -0.0770 e. The Balaban J connectivity index is 2.14. The van der Waals surface area contributed by atoms with E-state index in [1.807, 2.05) is 0 Å². The number of hydrogen-bond acceptors (Lipinski definition) is 0. The van der Waals surface area contributed by atoms with E-state index in [-0.39, 0.29) is 0 Å². The Kier molecular flexibility index (Phi) is 1.63. The van der Waals surface area contributed by atoms with E-state index in [9.17, 15) is 0 Å². The van der Waals surface area contributed by atoms with E-state index >= 15 is 0 Å². The summed E-state index contributed by atoms with van der Waals surface area (Å²) in [4.78, 5) is 0. The molecule has 0 saturated heterocycles. The summed E-state index contributed by atoms with van der Waals surface area (Å²) in [5, 5.41) is 0. The average molecular weight is 148 g/mol. The molecule has 11 heavy (non-hydrogen) atoms. The van der Waals surface area contributed by atoms with Crippen LogP contribution in [0.4, 0.5) is 0 Å². The van der Waals surface area contributed by atoms with E-state index in [1.165, 1.54) is 19.3 Å². The molecule has 0 radical (unpaired) electrons. The third-order valence-corrected chi connectivity index (χ3v) is 2.65. The van der Waals surface area contributed by atoms with Crippen LogP contribution in [0.25, 0.3) is 0 Å². The van der Waals surface area contributed by atoms with Crippen LogP contribution in [0.3, 0.4) is 0 Å². The maximum absolute atomic E-state index is 2.42. The van der Waals surface area contributed by atoms with Crippen LogP contribution in [0.1, 0.15) is 33.1 Å². The van der Waals surface area contributed by atoms with Crippen LogP contribution >= 0.6 is 0 Å². The zero-order valence-corrected chi connectivity index (χ0v) is 7.43. The maximum Gasteiger partial charge on any atom is -0.0157 e. The molecule has 0 N–H and O–H groups in total. The van der Waals surface area contributed by atoms with Crippen molar-refractivity contribution in [1.82, 2.24) is 0 Å². The van der Waals surface area contributed by atoms with Crippen molar-refractivity contribution in [3.8, 4) is 0 Å². The average Bonchev–Trinajstić information content (AvgIpc) is 2.68. The van der Waals surface area contributed by atoms with Gasteiger partial charge in [-0.05, 0) is 42.2 Å². The van der Waals surface area contributed by atoms with Crippen LogP contribution in [0.5, 0.6) is 0 Å². The van der Waals surface area contributed by atoms with Gasteiger partial charge in [0.25, 0.3) is 0 Å². The summed E-state index contributed by atoms with van der Waals surface area (Å²) < 4.78 is 0. The lowest BCUT2D eigenvalue weighted by Crippen LogP contribution is -1.96. The maximum atomic E-state index is 2.42. The zero-order chi connectivity index (χ0) is 7.84. The Morgan fingerprint density at radius 3 is 2.55 bits per heavy atom. The molecule has 0 heteroatoms. The van der Waals surface area contributed by atoms with Crippen LogP contribution in [0, 0.1) is 11.8 Å². The van der Waals surface area contributed by atoms with Gasteiger partial charge in [-0.3, -0.25) is 0 Å². The van der Waals surface area contributed by atoms with Gasteiger partial charge >= 0.3 is 0 Å². The highest BCUT2D eigenvalue weighted by molar-refractivity contribution is 5.41. The van der Waals surface area contributed by atoms with E-state index in [4.69, 9.17) is 0 Å². The van der Waals surface area contributed by atoms with Crippen LogP contribution < -0.4 is 0 Å². The minimum atomic E-state index is 0.740. The van der Waals surface area contributed by atoms with Crippen molar-refractivity contribution in [3.05, 3.63) is 23.3 Å². The molecule has 0 aliphatic heterocycles. The van der Waals surface area contributed by atoms with E-state index in [0.29, 0.717) is 0 Å². The fourth-order valence-corrected chi connectivity index (χ4v) is 1.91. The molecular formula is C11H16. The van der Waals surface area contributed by atoms with Crippen LogP contribution in [0.2, 0.25) is 0 Å². The first-order valence-electron chi connectivity index (χ1n) is 4.69. The van der Waals surface area contributed by atoms with Gasteiger partial charge in [0.1, 0.15) is 0 Å². The Morgan fingerprint density at radius 2 is 2.00 bits per heavy atom. The molecule has 0 nitrogen and oxygen atoms in total. The highest BCUT2D eigenvalue weighted by atomic mass is 14.3. The number of allylic oxidation sites excluding steroid dienone is 4. The number of rotatable bonds is 2. The second-order valence-electron chi connectivity index (χ2n) is 3.98. The molecule has 0 aromatic rings. The molecule has 2 aliphatic carbocycles. The molecule has 2 rings (SSSR count). The highest BCUT2D eigenvalue weighted by Crippen LogP contribution is 2.44. The fraction of sp³-hybridized carbons (Fsp3) is 0.636. The van der Waals surface area contributed by atoms with Gasteiger partial charge in [-0.25, -0.2) is 0 Å². The van der Waals surface area contributed by atoms with Crippen molar-refractivity contribution in [2.24, 2.45) is 11.8 Å². The lowest BCUT2D eigenvalue weighted by molar-refractivity contribution is 0.761. The second-order valence-corrected chi connectivity index (χ2v) is 3.98. The van der Waals surface area contributed by atoms with Gasteiger partial charge in [-0.15, -0.1) is 0 Å². The molecule has 0 aromatic heterocycles. The van der Waals surface area contributed by atoms with E-state index in [2.05, 4.69) is 26.0 Å². The van der Waals surface area contributed by atoms with Gasteiger partial charge in [0.15, 0.2) is 0 Å². The summed E-state index contributed by atoms with van der Waals surface area (Å²) in [5.74, 6) is 1.69. The smallest absolute Gasteiger partial charge is 0.0157 e. The second kappa shape index (κ2) is 2.51. The predicted molar refractivity (Wildman–Crippen MR) is 48.3 cm³/mol. The van der Waals surface area contributed by atoms with Gasteiger partial charge < -0.3 is 0 Å². The van der Waals surface area contributed by atoms with Crippen molar-refractivity contribution < 1.29 is 0 Å². The van der Waals surface area contributed by atoms with E-state index < -0.39 is 0 Å². The molecule has 0 spiro atoms. The molecular weight excluding hydrogens is 132 g/mol. The Morgan fingerprint density at radius 1 is 1.27 bits per heavy atom. The van der Waals surface area contributed by atoms with E-state index in [1.54, 1.807) is 11.1 Å². The van der Waals surface area contributed by atoms with Crippen molar-refractivity contribution in [2.45, 2.75) is 33.1 Å². The summed E-state index contributed by atoms with van der Waals surface area (Å²) in [6.45, 7) is 4.60. The quantitative estimate of drug-likeness (QED) is 0.563. The van der Waals surface area contributed by atoms with Crippen LogP contribution in [-0.4, -0.2) is 0 Å². The van der Waals surface area contributed by atoms with E-state index in [0.717, 1.165) is 11.8 Å². The Labute approximate surface area is 69.0 Å². The third-order valence-electron chi connectivity index (χ3n) is 2.65. The molecule has 0 atom stereocenters. The first-order chi connectivity index (χ1) is 5.29. The van der Waals surface area contributed by atoms with Gasteiger partial charge in [0.2, 0.25) is 0 Å². The Hall–Kier alpha value is -0.520. The van der Waals surface area contributed by atoms with Crippen molar-refractivity contribution in [2.75, 3.05) is 0 Å². The van der Waals surface area contributed by atoms with Gasteiger partial charge in [-0.1, -0.05) is 26.0 Å². The summed E-state index contributed by atoms with van der Waals surface area (Å²) >= 11 is 0. The predicted octanol–water partition coefficient (Wildman–Crippen LogP) is 3.31. The minimum absolute atomic E-state index is 0.740. The molecule has 2 aliphatic rings. The summed E-state index contributed by atoms with van der Waals surface area (Å²) in [6, 6.07) is 0. The lowest BCUT2D eigenvalue weighted by Gasteiger charge is -2.10. The Bertz CT molecular complexity index is 198. The lowest BCUT2D eigenvalue weighted by atomic mass is 9.95. The van der Waals surface area contributed by atoms with Crippen molar-refractivity contribution >= 4 is 0 Å². The van der Waals surface area contributed by atoms with Gasteiger partial charge in [-0.2, -0.15) is 0 Å². The number of hydrogen-bond donors (Lipinski definition) is 0. The monoisotopic (exact) mass is 148 g/mol. The molecule has 1 fully saturated rings. The standard InChI is InChI=1S/C11H16/c1-8(2)10-4-3-5-11(10)9-6-7-9/h4-5,8-9H,3,6-7H2,1-2H3. The molecule has 0 aromatic carbocycles. The molecule has 0 bridgehead atoms. The van der Waals surface area contributed by atoms with Crippen LogP contribution in [-0.2, 0) is 0 Å². The first kappa shape index (κ1) is 7.15. The molecule has 60 valence electrons. The fourth-order valence-electron chi connectivity index (χ4n) is 1.91. The normalized spacial score (nSPS) is 23.9. The van der Waals surface area contributed by atoms with Crippen molar-refractivity contribution in [1.29, 1.82) is 0 Å². The summed E-state index contributed by atoms with van der Waals surface area (Å²) in [5.41, 5.74) is 3.31. The molecule has 0 amide bonds. The highest BCUT2D eigenvalue weighted by Gasteiger charge is 2.29. The molecule has 0 unspecified atom stereocenters. The first-order valence-corrected chi connectivity index (χ1v) is 4.69. The van der Waals surface area contributed by atoms with Crippen LogP contribution in [0.15, 0.2) is 23.3 Å². The third kappa shape index (κ3) is 1.26. The zero-order valence-electron chi connectivity index (χ0n) is 7.43. The summed E-state index contributed by atoms with van der Waals surface area (Å²) in [6.07, 6.45) is 8.90. The molecule has 1 saturated carbocycles.